The Morgan fingerprint density at radius 3 is 2.83 bits per heavy atom. The van der Waals surface area contributed by atoms with Crippen molar-refractivity contribution in [2.75, 3.05) is 18.0 Å². The van der Waals surface area contributed by atoms with Crippen LogP contribution < -0.4 is 4.90 Å². The third-order valence-electron chi connectivity index (χ3n) is 4.37. The van der Waals surface area contributed by atoms with Crippen LogP contribution in [0, 0.1) is 18.3 Å². The second-order valence-corrected chi connectivity index (χ2v) is 6.54. The Hall–Kier alpha value is -2.46. The van der Waals surface area contributed by atoms with Gasteiger partial charge in [0.25, 0.3) is 5.89 Å². The second kappa shape index (κ2) is 5.87. The van der Waals surface area contributed by atoms with E-state index in [-0.39, 0.29) is 12.2 Å². The number of pyridine rings is 1. The molecule has 24 heavy (non-hydrogen) atoms. The van der Waals surface area contributed by atoms with E-state index >= 15 is 0 Å². The highest BCUT2D eigenvalue weighted by molar-refractivity contribution is 5.54. The largest absolute Gasteiger partial charge is 0.362 e. The number of ether oxygens (including phenoxy) is 1. The Labute approximate surface area is 140 Å². The van der Waals surface area contributed by atoms with E-state index in [4.69, 9.17) is 9.26 Å². The fourth-order valence-electron chi connectivity index (χ4n) is 3.02. The first-order chi connectivity index (χ1) is 11.6. The zero-order valence-electron chi connectivity index (χ0n) is 13.8. The molecule has 0 bridgehead atoms. The molecule has 0 N–H and O–H groups in total. The second-order valence-electron chi connectivity index (χ2n) is 6.54. The predicted molar refractivity (Wildman–Crippen MR) is 85.5 cm³/mol. The third kappa shape index (κ3) is 2.85. The molecule has 2 aromatic rings. The number of hydrogen-bond acceptors (Lipinski definition) is 7. The molecule has 1 aliphatic carbocycles. The fraction of sp³-hybridized carbons (Fsp3) is 0.529. The minimum atomic E-state index is -0.303. The lowest BCUT2D eigenvalue weighted by Crippen LogP contribution is -2.43. The first-order valence-corrected chi connectivity index (χ1v) is 8.25. The lowest BCUT2D eigenvalue weighted by molar-refractivity contribution is -0.0333. The predicted octanol–water partition coefficient (Wildman–Crippen LogP) is 2.49. The molecule has 2 aliphatic rings. The van der Waals surface area contributed by atoms with Gasteiger partial charge in [0.15, 0.2) is 11.9 Å². The van der Waals surface area contributed by atoms with E-state index in [1.165, 1.54) is 0 Å². The number of nitrogens with zero attached hydrogens (tertiary/aromatic N) is 5. The molecule has 4 rings (SSSR count). The molecule has 3 heterocycles. The van der Waals surface area contributed by atoms with Crippen LogP contribution in [0.1, 0.15) is 54.8 Å². The molecule has 2 fully saturated rings. The number of anilines is 1. The van der Waals surface area contributed by atoms with Crippen molar-refractivity contribution in [2.45, 2.75) is 44.8 Å². The lowest BCUT2D eigenvalue weighted by atomic mass is 10.1. The van der Waals surface area contributed by atoms with E-state index < -0.39 is 0 Å². The van der Waals surface area contributed by atoms with Gasteiger partial charge in [-0.3, -0.25) is 0 Å². The SMILES string of the molecule is Cc1ccc(C#N)c(N2C[C@@H](C)O[C@@H](c3nc(C4CC4)no3)C2)n1. The minimum Gasteiger partial charge on any atom is -0.362 e. The normalized spacial score (nSPS) is 24.0. The van der Waals surface area contributed by atoms with Crippen molar-refractivity contribution >= 4 is 5.82 Å². The Kier molecular flexibility index (Phi) is 3.69. The van der Waals surface area contributed by atoms with Gasteiger partial charge >= 0.3 is 0 Å². The van der Waals surface area contributed by atoms with Gasteiger partial charge in [0.1, 0.15) is 11.9 Å². The summed E-state index contributed by atoms with van der Waals surface area (Å²) in [5, 5.41) is 13.4. The maximum absolute atomic E-state index is 9.37. The molecule has 7 nitrogen and oxygen atoms in total. The molecule has 1 saturated carbocycles. The third-order valence-corrected chi connectivity index (χ3v) is 4.37. The highest BCUT2D eigenvalue weighted by Crippen LogP contribution is 2.39. The first-order valence-electron chi connectivity index (χ1n) is 8.25. The Morgan fingerprint density at radius 1 is 1.25 bits per heavy atom. The van der Waals surface area contributed by atoms with Crippen LogP contribution in [-0.4, -0.2) is 34.3 Å². The van der Waals surface area contributed by atoms with Crippen molar-refractivity contribution in [3.63, 3.8) is 0 Å². The molecule has 124 valence electrons. The Morgan fingerprint density at radius 2 is 2.08 bits per heavy atom. The highest BCUT2D eigenvalue weighted by Gasteiger charge is 2.34. The Balaban J connectivity index is 1.60. The van der Waals surface area contributed by atoms with E-state index in [1.54, 1.807) is 0 Å². The molecular weight excluding hydrogens is 306 g/mol. The van der Waals surface area contributed by atoms with Crippen LogP contribution in [-0.2, 0) is 4.74 Å². The van der Waals surface area contributed by atoms with Crippen LogP contribution in [0.3, 0.4) is 0 Å². The van der Waals surface area contributed by atoms with Crippen LogP contribution in [0.15, 0.2) is 16.7 Å². The molecule has 2 atom stereocenters. The number of aromatic nitrogens is 3. The number of hydrogen-bond donors (Lipinski definition) is 0. The van der Waals surface area contributed by atoms with E-state index in [9.17, 15) is 5.26 Å². The van der Waals surface area contributed by atoms with Crippen molar-refractivity contribution < 1.29 is 9.26 Å². The number of morpholine rings is 1. The maximum atomic E-state index is 9.37. The smallest absolute Gasteiger partial charge is 0.257 e. The standard InChI is InChI=1S/C17H19N5O2/c1-10-3-4-13(7-18)16(19-10)22-8-11(2)23-14(9-22)17-20-15(21-24-17)12-5-6-12/h3-4,11-12,14H,5-6,8-9H2,1-2H3/t11-,14-/m1/s1. The summed E-state index contributed by atoms with van der Waals surface area (Å²) in [6, 6.07) is 5.88. The van der Waals surface area contributed by atoms with Crippen LogP contribution >= 0.6 is 0 Å². The van der Waals surface area contributed by atoms with Crippen LogP contribution in [0.25, 0.3) is 0 Å². The molecule has 1 saturated heterocycles. The monoisotopic (exact) mass is 325 g/mol. The van der Waals surface area contributed by atoms with Crippen LogP contribution in [0.4, 0.5) is 5.82 Å². The molecule has 2 aromatic heterocycles. The van der Waals surface area contributed by atoms with Gasteiger partial charge in [-0.15, -0.1) is 0 Å². The summed E-state index contributed by atoms with van der Waals surface area (Å²) in [7, 11) is 0. The van der Waals surface area contributed by atoms with Crippen LogP contribution in [0.5, 0.6) is 0 Å². The summed E-state index contributed by atoms with van der Waals surface area (Å²) in [5.41, 5.74) is 1.45. The summed E-state index contributed by atoms with van der Waals surface area (Å²) in [6.45, 7) is 5.14. The summed E-state index contributed by atoms with van der Waals surface area (Å²) >= 11 is 0. The van der Waals surface area contributed by atoms with Gasteiger partial charge in [-0.1, -0.05) is 5.16 Å². The van der Waals surface area contributed by atoms with E-state index in [2.05, 4.69) is 26.1 Å². The number of rotatable bonds is 3. The first kappa shape index (κ1) is 15.1. The quantitative estimate of drug-likeness (QED) is 0.856. The molecule has 0 aromatic carbocycles. The zero-order valence-corrected chi connectivity index (χ0v) is 13.8. The Bertz CT molecular complexity index is 793. The topological polar surface area (TPSA) is 88.1 Å². The number of nitriles is 1. The van der Waals surface area contributed by atoms with Gasteiger partial charge in [0.2, 0.25) is 0 Å². The zero-order chi connectivity index (χ0) is 16.7. The van der Waals surface area contributed by atoms with Crippen molar-refractivity contribution in [2.24, 2.45) is 0 Å². The number of aryl methyl sites for hydroxylation is 1. The maximum Gasteiger partial charge on any atom is 0.257 e. The average Bonchev–Trinajstić information content (AvgIpc) is 3.31. The van der Waals surface area contributed by atoms with Gasteiger partial charge in [-0.05, 0) is 38.8 Å². The summed E-state index contributed by atoms with van der Waals surface area (Å²) in [4.78, 5) is 11.1. The van der Waals surface area contributed by atoms with E-state index in [0.29, 0.717) is 36.3 Å². The van der Waals surface area contributed by atoms with Crippen molar-refractivity contribution in [3.05, 3.63) is 35.1 Å². The van der Waals surface area contributed by atoms with Crippen LogP contribution in [0.2, 0.25) is 0 Å². The van der Waals surface area contributed by atoms with Crippen molar-refractivity contribution in [1.82, 2.24) is 15.1 Å². The van der Waals surface area contributed by atoms with Crippen molar-refractivity contribution in [3.8, 4) is 6.07 Å². The van der Waals surface area contributed by atoms with Gasteiger partial charge in [-0.25, -0.2) is 4.98 Å². The lowest BCUT2D eigenvalue weighted by Gasteiger charge is -2.36. The van der Waals surface area contributed by atoms with E-state index in [0.717, 1.165) is 24.4 Å². The van der Waals surface area contributed by atoms with Gasteiger partial charge < -0.3 is 14.2 Å². The minimum absolute atomic E-state index is 0.0196. The molecule has 0 spiro atoms. The molecule has 1 aliphatic heterocycles. The molecule has 0 unspecified atom stereocenters. The average molecular weight is 325 g/mol. The van der Waals surface area contributed by atoms with Gasteiger partial charge in [-0.2, -0.15) is 10.2 Å². The highest BCUT2D eigenvalue weighted by atomic mass is 16.5. The van der Waals surface area contributed by atoms with E-state index in [1.807, 2.05) is 26.0 Å². The van der Waals surface area contributed by atoms with Crippen molar-refractivity contribution in [1.29, 1.82) is 5.26 Å². The van der Waals surface area contributed by atoms with Gasteiger partial charge in [0, 0.05) is 18.2 Å². The summed E-state index contributed by atoms with van der Waals surface area (Å²) in [6.07, 6.45) is 1.94. The molecule has 7 heteroatoms. The summed E-state index contributed by atoms with van der Waals surface area (Å²) in [5.74, 6) is 2.44. The van der Waals surface area contributed by atoms with Gasteiger partial charge in [0.05, 0.1) is 18.2 Å². The molecule has 0 radical (unpaired) electrons. The molecular formula is C17H19N5O2. The fourth-order valence-corrected chi connectivity index (χ4v) is 3.02. The molecule has 0 amide bonds. The summed E-state index contributed by atoms with van der Waals surface area (Å²) < 4.78 is 11.4.